The van der Waals surface area contributed by atoms with Crippen molar-refractivity contribution in [3.05, 3.63) is 94.5 Å². The molecule has 3 nitrogen and oxygen atoms in total. The van der Waals surface area contributed by atoms with Gasteiger partial charge in [0.25, 0.3) is 0 Å². The third kappa shape index (κ3) is 3.97. The monoisotopic (exact) mass is 391 g/mol. The van der Waals surface area contributed by atoms with E-state index in [4.69, 9.17) is 4.98 Å². The summed E-state index contributed by atoms with van der Waals surface area (Å²) in [5, 5.41) is 0. The van der Waals surface area contributed by atoms with Crippen LogP contribution in [-0.2, 0) is 19.4 Å². The van der Waals surface area contributed by atoms with Crippen LogP contribution in [0.25, 0.3) is 11.4 Å². The van der Waals surface area contributed by atoms with Crippen molar-refractivity contribution in [2.24, 2.45) is 0 Å². The molecular formula is C21H18BrN3. The third-order valence-corrected chi connectivity index (χ3v) is 4.76. The zero-order chi connectivity index (χ0) is 17.1. The SMILES string of the molecule is Brc1ccc(Cn2ccc3nc(CCc4ccccc4)nc-3c2)cc1. The quantitative estimate of drug-likeness (QED) is 0.480. The standard InChI is InChI=1S/C21H18BrN3/c22-18-9-6-17(7-10-18)14-25-13-12-19-20(15-25)24-21(23-19)11-8-16-4-2-1-3-5-16/h1-7,9-10,12-13,15H,8,11,14H2. The molecule has 4 heteroatoms. The van der Waals surface area contributed by atoms with Crippen molar-refractivity contribution in [1.82, 2.24) is 14.5 Å². The Morgan fingerprint density at radius 3 is 2.32 bits per heavy atom. The molecule has 2 heterocycles. The van der Waals surface area contributed by atoms with Crippen LogP contribution in [0.2, 0.25) is 0 Å². The van der Waals surface area contributed by atoms with Crippen LogP contribution in [0.3, 0.4) is 0 Å². The summed E-state index contributed by atoms with van der Waals surface area (Å²) >= 11 is 3.47. The molecule has 0 aliphatic carbocycles. The van der Waals surface area contributed by atoms with Gasteiger partial charge in [0.1, 0.15) is 11.5 Å². The molecule has 2 aromatic rings. The van der Waals surface area contributed by atoms with E-state index in [1.54, 1.807) is 0 Å². The first-order chi connectivity index (χ1) is 12.3. The Labute approximate surface area is 155 Å². The predicted molar refractivity (Wildman–Crippen MR) is 104 cm³/mol. The molecule has 0 aromatic heterocycles. The minimum absolute atomic E-state index is 0.829. The fourth-order valence-electron chi connectivity index (χ4n) is 2.91. The van der Waals surface area contributed by atoms with Gasteiger partial charge in [-0.3, -0.25) is 0 Å². The van der Waals surface area contributed by atoms with Crippen molar-refractivity contribution in [3.63, 3.8) is 0 Å². The number of halogens is 1. The molecule has 2 aliphatic rings. The van der Waals surface area contributed by atoms with Crippen molar-refractivity contribution in [3.8, 4) is 11.4 Å². The Bertz CT molecular complexity index is 929. The average Bonchev–Trinajstić information content (AvgIpc) is 3.05. The van der Waals surface area contributed by atoms with Gasteiger partial charge in [-0.1, -0.05) is 58.4 Å². The number of benzene rings is 2. The number of aryl methyl sites for hydroxylation is 2. The molecule has 0 amide bonds. The van der Waals surface area contributed by atoms with Gasteiger partial charge in [-0.05, 0) is 35.7 Å². The Balaban J connectivity index is 1.49. The third-order valence-electron chi connectivity index (χ3n) is 4.23. The van der Waals surface area contributed by atoms with Gasteiger partial charge in [0.15, 0.2) is 0 Å². The molecule has 0 N–H and O–H groups in total. The van der Waals surface area contributed by atoms with E-state index in [2.05, 4.69) is 86.4 Å². The maximum absolute atomic E-state index is 4.70. The van der Waals surface area contributed by atoms with Crippen molar-refractivity contribution in [2.45, 2.75) is 19.4 Å². The van der Waals surface area contributed by atoms with E-state index in [1.165, 1.54) is 11.1 Å². The van der Waals surface area contributed by atoms with E-state index < -0.39 is 0 Å². The number of hydrogen-bond donors (Lipinski definition) is 0. The normalized spacial score (nSPS) is 11.1. The van der Waals surface area contributed by atoms with E-state index in [1.807, 2.05) is 12.1 Å². The number of imidazole rings is 1. The highest BCUT2D eigenvalue weighted by Crippen LogP contribution is 2.20. The summed E-state index contributed by atoms with van der Waals surface area (Å²) in [6.45, 7) is 0.829. The predicted octanol–water partition coefficient (Wildman–Crippen LogP) is 4.98. The molecule has 0 bridgehead atoms. The highest BCUT2D eigenvalue weighted by molar-refractivity contribution is 9.10. The van der Waals surface area contributed by atoms with Crippen molar-refractivity contribution >= 4 is 15.9 Å². The summed E-state index contributed by atoms with van der Waals surface area (Å²) in [7, 11) is 0. The molecule has 124 valence electrons. The van der Waals surface area contributed by atoms with Crippen LogP contribution in [0.15, 0.2) is 77.5 Å². The van der Waals surface area contributed by atoms with E-state index in [0.29, 0.717) is 0 Å². The van der Waals surface area contributed by atoms with Gasteiger partial charge in [-0.25, -0.2) is 9.97 Å². The Hall–Kier alpha value is -2.46. The second-order valence-corrected chi connectivity index (χ2v) is 7.06. The summed E-state index contributed by atoms with van der Waals surface area (Å²) in [6.07, 6.45) is 5.98. The zero-order valence-corrected chi connectivity index (χ0v) is 15.4. The fourth-order valence-corrected chi connectivity index (χ4v) is 3.18. The first kappa shape index (κ1) is 16.0. The molecule has 0 unspecified atom stereocenters. The van der Waals surface area contributed by atoms with Crippen LogP contribution in [0.5, 0.6) is 0 Å². The van der Waals surface area contributed by atoms with Crippen LogP contribution in [0, 0.1) is 0 Å². The van der Waals surface area contributed by atoms with Gasteiger partial charge in [0.2, 0.25) is 0 Å². The van der Waals surface area contributed by atoms with Crippen LogP contribution in [0.1, 0.15) is 17.0 Å². The van der Waals surface area contributed by atoms with Gasteiger partial charge in [0.05, 0.1) is 5.69 Å². The molecule has 2 aliphatic heterocycles. The zero-order valence-electron chi connectivity index (χ0n) is 13.8. The average molecular weight is 392 g/mol. The van der Waals surface area contributed by atoms with Crippen LogP contribution >= 0.6 is 15.9 Å². The highest BCUT2D eigenvalue weighted by Gasteiger charge is 2.11. The minimum atomic E-state index is 0.829. The van der Waals surface area contributed by atoms with Crippen LogP contribution in [0.4, 0.5) is 0 Å². The largest absolute Gasteiger partial charge is 0.348 e. The molecule has 4 rings (SSSR count). The first-order valence-corrected chi connectivity index (χ1v) is 9.16. The second kappa shape index (κ2) is 7.19. The fraction of sp³-hybridized carbons (Fsp3) is 0.143. The first-order valence-electron chi connectivity index (χ1n) is 8.37. The highest BCUT2D eigenvalue weighted by atomic mass is 79.9. The number of aromatic nitrogens is 3. The molecule has 0 atom stereocenters. The van der Waals surface area contributed by atoms with E-state index in [0.717, 1.165) is 41.1 Å². The van der Waals surface area contributed by atoms with Gasteiger partial charge in [-0.2, -0.15) is 0 Å². The van der Waals surface area contributed by atoms with E-state index >= 15 is 0 Å². The van der Waals surface area contributed by atoms with Gasteiger partial charge >= 0.3 is 0 Å². The lowest BCUT2D eigenvalue weighted by atomic mass is 10.1. The molecular weight excluding hydrogens is 374 g/mol. The molecule has 0 saturated carbocycles. The number of nitrogens with zero attached hydrogens (tertiary/aromatic N) is 3. The lowest BCUT2D eigenvalue weighted by Gasteiger charge is -2.08. The van der Waals surface area contributed by atoms with Crippen LogP contribution in [-0.4, -0.2) is 14.5 Å². The van der Waals surface area contributed by atoms with Crippen LogP contribution < -0.4 is 0 Å². The smallest absolute Gasteiger partial charge is 0.130 e. The molecule has 25 heavy (non-hydrogen) atoms. The number of pyridine rings is 1. The molecule has 0 saturated heterocycles. The summed E-state index contributed by atoms with van der Waals surface area (Å²) < 4.78 is 3.25. The Morgan fingerprint density at radius 1 is 0.760 bits per heavy atom. The van der Waals surface area contributed by atoms with E-state index in [-0.39, 0.29) is 0 Å². The minimum Gasteiger partial charge on any atom is -0.348 e. The molecule has 0 radical (unpaired) electrons. The van der Waals surface area contributed by atoms with Crippen molar-refractivity contribution < 1.29 is 0 Å². The molecule has 2 aromatic carbocycles. The maximum Gasteiger partial charge on any atom is 0.130 e. The topological polar surface area (TPSA) is 30.7 Å². The summed E-state index contributed by atoms with van der Waals surface area (Å²) in [5.41, 5.74) is 4.51. The van der Waals surface area contributed by atoms with Crippen molar-refractivity contribution in [1.29, 1.82) is 0 Å². The van der Waals surface area contributed by atoms with Crippen molar-refractivity contribution in [2.75, 3.05) is 0 Å². The van der Waals surface area contributed by atoms with Gasteiger partial charge < -0.3 is 4.57 Å². The molecule has 0 spiro atoms. The lowest BCUT2D eigenvalue weighted by molar-refractivity contribution is 0.789. The maximum atomic E-state index is 4.70. The number of rotatable bonds is 5. The summed E-state index contributed by atoms with van der Waals surface area (Å²) in [5.74, 6) is 0.917. The number of hydrogen-bond acceptors (Lipinski definition) is 2. The number of fused-ring (bicyclic) bond motifs is 1. The lowest BCUT2D eigenvalue weighted by Crippen LogP contribution is -2.00. The molecule has 0 fully saturated rings. The summed E-state index contributed by atoms with van der Waals surface area (Å²) in [6, 6.07) is 20.9. The van der Waals surface area contributed by atoms with Gasteiger partial charge in [-0.15, -0.1) is 0 Å². The Morgan fingerprint density at radius 2 is 1.52 bits per heavy atom. The Kier molecular flexibility index (Phi) is 4.61. The summed E-state index contributed by atoms with van der Waals surface area (Å²) in [4.78, 5) is 9.36. The van der Waals surface area contributed by atoms with E-state index in [9.17, 15) is 0 Å². The van der Waals surface area contributed by atoms with Gasteiger partial charge in [0, 0.05) is 29.8 Å². The second-order valence-electron chi connectivity index (χ2n) is 6.14.